The molecule has 0 radical (unpaired) electrons. The first kappa shape index (κ1) is 13.4. The summed E-state index contributed by atoms with van der Waals surface area (Å²) in [5.41, 5.74) is 7.06. The normalized spacial score (nSPS) is 11.0. The Morgan fingerprint density at radius 2 is 1.90 bits per heavy atom. The summed E-state index contributed by atoms with van der Waals surface area (Å²) in [5, 5.41) is 0. The molecular formula is C15H13F2N3O. The molecule has 0 aliphatic rings. The third-order valence-electron chi connectivity index (χ3n) is 3.26. The topological polar surface area (TPSA) is 53.1 Å². The summed E-state index contributed by atoms with van der Waals surface area (Å²) in [5.74, 6) is -0.478. The Morgan fingerprint density at radius 3 is 2.67 bits per heavy atom. The Labute approximate surface area is 119 Å². The van der Waals surface area contributed by atoms with Gasteiger partial charge in [-0.25, -0.2) is 13.8 Å². The van der Waals surface area contributed by atoms with Gasteiger partial charge in [0.15, 0.2) is 5.82 Å². The van der Waals surface area contributed by atoms with E-state index in [-0.39, 0.29) is 17.2 Å². The van der Waals surface area contributed by atoms with Crippen LogP contribution < -0.4 is 10.5 Å². The van der Waals surface area contributed by atoms with E-state index in [9.17, 15) is 8.78 Å². The Bertz CT molecular complexity index is 843. The van der Waals surface area contributed by atoms with Crippen LogP contribution in [0.25, 0.3) is 11.0 Å². The van der Waals surface area contributed by atoms with Gasteiger partial charge in [0, 0.05) is 25.2 Å². The maximum atomic E-state index is 14.1. The first-order valence-corrected chi connectivity index (χ1v) is 6.30. The molecule has 21 heavy (non-hydrogen) atoms. The molecule has 0 amide bonds. The molecule has 2 aromatic carbocycles. The average molecular weight is 289 g/mol. The molecule has 1 heterocycles. The molecule has 2 N–H and O–H groups in total. The Kier molecular flexibility index (Phi) is 3.01. The van der Waals surface area contributed by atoms with Gasteiger partial charge >= 0.3 is 0 Å². The summed E-state index contributed by atoms with van der Waals surface area (Å²) in [7, 11) is 1.71. The first-order chi connectivity index (χ1) is 9.95. The van der Waals surface area contributed by atoms with Crippen LogP contribution in [0.3, 0.4) is 0 Å². The van der Waals surface area contributed by atoms with E-state index >= 15 is 0 Å². The number of benzene rings is 2. The molecule has 0 fully saturated rings. The van der Waals surface area contributed by atoms with Crippen molar-refractivity contribution in [1.82, 2.24) is 9.55 Å². The highest BCUT2D eigenvalue weighted by Gasteiger charge is 2.12. The summed E-state index contributed by atoms with van der Waals surface area (Å²) in [6.07, 6.45) is 1.52. The van der Waals surface area contributed by atoms with Crippen LogP contribution in [0, 0.1) is 18.6 Å². The summed E-state index contributed by atoms with van der Waals surface area (Å²) in [6, 6.07) is 5.51. The standard InChI is InChI=1S/C15H13F2N3O/c1-8-3-12(18)10(16)6-14(8)21-9-4-11(17)15-13(5-9)19-7-20(15)2/h3-7H,18H2,1-2H3. The number of hydrogen-bond donors (Lipinski definition) is 1. The Balaban J connectivity index is 2.04. The molecule has 0 atom stereocenters. The molecule has 1 aromatic heterocycles. The van der Waals surface area contributed by atoms with E-state index in [2.05, 4.69) is 4.98 Å². The van der Waals surface area contributed by atoms with Crippen molar-refractivity contribution in [2.24, 2.45) is 7.05 Å². The molecule has 0 saturated carbocycles. The fourth-order valence-electron chi connectivity index (χ4n) is 2.20. The number of anilines is 1. The lowest BCUT2D eigenvalue weighted by Crippen LogP contribution is -1.96. The number of fused-ring (bicyclic) bond motifs is 1. The number of hydrogen-bond acceptors (Lipinski definition) is 3. The van der Waals surface area contributed by atoms with E-state index in [4.69, 9.17) is 10.5 Å². The van der Waals surface area contributed by atoms with Gasteiger partial charge in [0.2, 0.25) is 0 Å². The average Bonchev–Trinajstić information content (AvgIpc) is 2.78. The predicted molar refractivity (Wildman–Crippen MR) is 76.3 cm³/mol. The number of imidazole rings is 1. The van der Waals surface area contributed by atoms with Gasteiger partial charge in [0.05, 0.1) is 17.5 Å². The zero-order chi connectivity index (χ0) is 15.1. The first-order valence-electron chi connectivity index (χ1n) is 6.30. The van der Waals surface area contributed by atoms with Gasteiger partial charge in [-0.2, -0.15) is 0 Å². The fourth-order valence-corrected chi connectivity index (χ4v) is 2.20. The number of halogens is 2. The number of nitrogens with zero attached hydrogens (tertiary/aromatic N) is 2. The maximum Gasteiger partial charge on any atom is 0.152 e. The number of nitrogen functional groups attached to an aromatic ring is 1. The lowest BCUT2D eigenvalue weighted by molar-refractivity contribution is 0.469. The molecule has 0 bridgehead atoms. The van der Waals surface area contributed by atoms with E-state index in [1.54, 1.807) is 24.6 Å². The quantitative estimate of drug-likeness (QED) is 0.734. The van der Waals surface area contributed by atoms with Crippen LogP contribution in [0.1, 0.15) is 5.56 Å². The minimum absolute atomic E-state index is 0.0474. The van der Waals surface area contributed by atoms with E-state index in [1.807, 2.05) is 0 Å². The van der Waals surface area contributed by atoms with E-state index in [0.29, 0.717) is 16.6 Å². The molecule has 6 heteroatoms. The van der Waals surface area contributed by atoms with E-state index in [1.165, 1.54) is 24.5 Å². The van der Waals surface area contributed by atoms with Crippen LogP contribution in [0.15, 0.2) is 30.6 Å². The van der Waals surface area contributed by atoms with Crippen LogP contribution in [0.2, 0.25) is 0 Å². The molecule has 0 unspecified atom stereocenters. The van der Waals surface area contributed by atoms with Gasteiger partial charge in [-0.1, -0.05) is 0 Å². The highest BCUT2D eigenvalue weighted by Crippen LogP contribution is 2.31. The smallest absolute Gasteiger partial charge is 0.152 e. The summed E-state index contributed by atoms with van der Waals surface area (Å²) in [6.45, 7) is 1.74. The van der Waals surface area contributed by atoms with Crippen molar-refractivity contribution >= 4 is 16.7 Å². The zero-order valence-electron chi connectivity index (χ0n) is 11.5. The van der Waals surface area contributed by atoms with Crippen LogP contribution in [0.5, 0.6) is 11.5 Å². The van der Waals surface area contributed by atoms with Crippen LogP contribution >= 0.6 is 0 Å². The second-order valence-electron chi connectivity index (χ2n) is 4.87. The lowest BCUT2D eigenvalue weighted by atomic mass is 10.2. The van der Waals surface area contributed by atoms with Crippen molar-refractivity contribution in [2.45, 2.75) is 6.92 Å². The number of aryl methyl sites for hydroxylation is 2. The van der Waals surface area contributed by atoms with Gasteiger partial charge in [-0.3, -0.25) is 0 Å². The van der Waals surface area contributed by atoms with Gasteiger partial charge in [-0.05, 0) is 18.6 Å². The molecule has 3 aromatic rings. The summed E-state index contributed by atoms with van der Waals surface area (Å²) >= 11 is 0. The predicted octanol–water partition coefficient (Wildman–Crippen LogP) is 3.53. The fraction of sp³-hybridized carbons (Fsp3) is 0.133. The molecule has 0 spiro atoms. The van der Waals surface area contributed by atoms with Crippen molar-refractivity contribution < 1.29 is 13.5 Å². The van der Waals surface area contributed by atoms with Gasteiger partial charge < -0.3 is 15.0 Å². The molecule has 4 nitrogen and oxygen atoms in total. The molecule has 0 saturated heterocycles. The third kappa shape index (κ3) is 2.29. The van der Waals surface area contributed by atoms with Gasteiger partial charge in [0.25, 0.3) is 0 Å². The number of aromatic nitrogens is 2. The van der Waals surface area contributed by atoms with Crippen LogP contribution in [-0.4, -0.2) is 9.55 Å². The van der Waals surface area contributed by atoms with Crippen molar-refractivity contribution in [2.75, 3.05) is 5.73 Å². The number of rotatable bonds is 2. The Hall–Kier alpha value is -2.63. The monoisotopic (exact) mass is 289 g/mol. The number of ether oxygens (including phenoxy) is 1. The van der Waals surface area contributed by atoms with Crippen molar-refractivity contribution in [3.63, 3.8) is 0 Å². The van der Waals surface area contributed by atoms with E-state index in [0.717, 1.165) is 0 Å². The molecule has 3 rings (SSSR count). The molecule has 0 aliphatic carbocycles. The van der Waals surface area contributed by atoms with Crippen molar-refractivity contribution in [1.29, 1.82) is 0 Å². The summed E-state index contributed by atoms with van der Waals surface area (Å²) < 4.78 is 34.7. The van der Waals surface area contributed by atoms with Crippen molar-refractivity contribution in [3.8, 4) is 11.5 Å². The maximum absolute atomic E-state index is 14.1. The van der Waals surface area contributed by atoms with Gasteiger partial charge in [0.1, 0.15) is 22.8 Å². The zero-order valence-corrected chi connectivity index (χ0v) is 11.5. The minimum Gasteiger partial charge on any atom is -0.457 e. The molecular weight excluding hydrogens is 276 g/mol. The highest BCUT2D eigenvalue weighted by molar-refractivity contribution is 5.77. The van der Waals surface area contributed by atoms with Crippen LogP contribution in [-0.2, 0) is 7.05 Å². The summed E-state index contributed by atoms with van der Waals surface area (Å²) in [4.78, 5) is 4.08. The van der Waals surface area contributed by atoms with Gasteiger partial charge in [-0.15, -0.1) is 0 Å². The Morgan fingerprint density at radius 1 is 1.14 bits per heavy atom. The lowest BCUT2D eigenvalue weighted by Gasteiger charge is -2.10. The molecule has 108 valence electrons. The second-order valence-corrected chi connectivity index (χ2v) is 4.87. The third-order valence-corrected chi connectivity index (χ3v) is 3.26. The number of nitrogens with two attached hydrogens (primary N) is 1. The van der Waals surface area contributed by atoms with Crippen molar-refractivity contribution in [3.05, 3.63) is 47.8 Å². The van der Waals surface area contributed by atoms with E-state index < -0.39 is 11.6 Å². The highest BCUT2D eigenvalue weighted by atomic mass is 19.1. The largest absolute Gasteiger partial charge is 0.457 e. The van der Waals surface area contributed by atoms with Crippen LogP contribution in [0.4, 0.5) is 14.5 Å². The second kappa shape index (κ2) is 4.73. The minimum atomic E-state index is -0.574. The SMILES string of the molecule is Cc1cc(N)c(F)cc1Oc1cc(F)c2c(c1)ncn2C. The molecule has 0 aliphatic heterocycles.